The van der Waals surface area contributed by atoms with Crippen molar-refractivity contribution in [2.45, 2.75) is 13.8 Å². The highest BCUT2D eigenvalue weighted by Crippen LogP contribution is 1.91. The van der Waals surface area contributed by atoms with Crippen LogP contribution < -0.4 is 0 Å². The van der Waals surface area contributed by atoms with Gasteiger partial charge in [0.2, 0.25) is 0 Å². The van der Waals surface area contributed by atoms with Crippen molar-refractivity contribution in [2.24, 2.45) is 0 Å². The van der Waals surface area contributed by atoms with E-state index in [1.807, 2.05) is 0 Å². The third kappa shape index (κ3) is 18.2. The first-order chi connectivity index (χ1) is 5.91. The van der Waals surface area contributed by atoms with Gasteiger partial charge in [0.05, 0.1) is 29.8 Å². The van der Waals surface area contributed by atoms with Crippen molar-refractivity contribution in [1.82, 2.24) is 0 Å². The maximum Gasteiger partial charge on any atom is 0.334 e. The number of ether oxygens (including phenoxy) is 1. The molecular weight excluding hydrogens is 200 g/mol. The molecule has 0 spiro atoms. The number of carboxylic acid groups (broad SMARTS) is 1. The van der Waals surface area contributed by atoms with Crippen molar-refractivity contribution in [1.29, 1.82) is 0 Å². The van der Waals surface area contributed by atoms with Crippen LogP contribution in [0.5, 0.6) is 0 Å². The molecule has 0 aliphatic rings. The molecule has 0 aromatic carbocycles. The fraction of sp³-hybridized carbons (Fsp3) is 0.500. The predicted molar refractivity (Wildman–Crippen MR) is 44.6 cm³/mol. The first-order valence-corrected chi connectivity index (χ1v) is 4.25. The fourth-order valence-corrected chi connectivity index (χ4v) is 0.259. The van der Waals surface area contributed by atoms with Gasteiger partial charge in [0.15, 0.2) is 0 Å². The monoisotopic (exact) mass is 211 g/mol. The molecule has 0 rings (SSSR count). The first-order valence-electron chi connectivity index (χ1n) is 3.21. The van der Waals surface area contributed by atoms with E-state index in [0.717, 1.165) is 0 Å². The molecule has 1 atom stereocenters. The van der Waals surface area contributed by atoms with E-state index in [1.54, 1.807) is 6.92 Å². The van der Waals surface area contributed by atoms with Crippen molar-refractivity contribution < 1.29 is 28.0 Å². The predicted octanol–water partition coefficient (Wildman–Crippen LogP) is 0.350. The summed E-state index contributed by atoms with van der Waals surface area (Å²) in [6.45, 7) is 3.79. The molecule has 0 aliphatic carbocycles. The van der Waals surface area contributed by atoms with Gasteiger partial charge in [-0.2, -0.15) is 0 Å². The third-order valence-electron chi connectivity index (χ3n) is 0.764. The Balaban J connectivity index is 0. The van der Waals surface area contributed by atoms with Crippen molar-refractivity contribution in [2.75, 3.05) is 6.61 Å². The molecule has 0 aliphatic heterocycles. The smallest absolute Gasteiger partial charge is 0.334 e. The molecule has 0 fully saturated rings. The zero-order valence-corrected chi connectivity index (χ0v) is 8.04. The normalized spacial score (nSPS) is 12.5. The molecule has 0 amide bonds. The van der Waals surface area contributed by atoms with Crippen LogP contribution in [0, 0.1) is 0 Å². The molecule has 0 saturated carbocycles. The largest absolute Gasteiger partial charge is 0.750 e. The van der Waals surface area contributed by atoms with Crippen molar-refractivity contribution in [3.63, 3.8) is 0 Å². The zero-order chi connectivity index (χ0) is 10.9. The van der Waals surface area contributed by atoms with Crippen molar-refractivity contribution in [3.8, 4) is 0 Å². The quantitative estimate of drug-likeness (QED) is 0.396. The van der Waals surface area contributed by atoms with Crippen LogP contribution >= 0.6 is 0 Å². The van der Waals surface area contributed by atoms with E-state index < -0.39 is 17.3 Å². The van der Waals surface area contributed by atoms with Gasteiger partial charge in [-0.15, -0.1) is 0 Å². The van der Waals surface area contributed by atoms with E-state index in [0.29, 0.717) is 6.61 Å². The molecule has 7 heteroatoms. The summed E-state index contributed by atoms with van der Waals surface area (Å²) in [7, 11) is 0. The minimum atomic E-state index is -2.86. The molecule has 0 saturated heterocycles. The van der Waals surface area contributed by atoms with Gasteiger partial charge < -0.3 is 18.9 Å². The summed E-state index contributed by atoms with van der Waals surface area (Å²) in [5.74, 6) is -0.941. The molecule has 0 radical (unpaired) electrons. The van der Waals surface area contributed by atoms with E-state index in [2.05, 4.69) is 0 Å². The Morgan fingerprint density at radius 1 is 1.69 bits per heavy atom. The summed E-state index contributed by atoms with van der Waals surface area (Å²) in [6.07, 6.45) is 1.24. The van der Waals surface area contributed by atoms with Crippen LogP contribution in [-0.4, -0.2) is 31.0 Å². The van der Waals surface area contributed by atoms with Crippen molar-refractivity contribution >= 4 is 17.3 Å². The number of rotatable bonds is 3. The van der Waals surface area contributed by atoms with E-state index in [1.165, 1.54) is 13.2 Å². The Morgan fingerprint density at radius 3 is 2.31 bits per heavy atom. The fourth-order valence-electron chi connectivity index (χ4n) is 0.259. The summed E-state index contributed by atoms with van der Waals surface area (Å²) in [6, 6.07) is 0. The first kappa shape index (κ1) is 14.6. The highest BCUT2D eigenvalue weighted by molar-refractivity contribution is 7.73. The molecule has 0 heterocycles. The second-order valence-corrected chi connectivity index (χ2v) is 2.21. The third-order valence-corrected chi connectivity index (χ3v) is 0.764. The zero-order valence-electron chi connectivity index (χ0n) is 7.22. The number of carboxylic acids is 1. The molecule has 0 aromatic rings. The van der Waals surface area contributed by atoms with Gasteiger partial charge in [0.1, 0.15) is 0 Å². The topological polar surface area (TPSA) is 107 Å². The molecular formula is C6H11O6S-. The minimum Gasteiger partial charge on any atom is -0.750 e. The van der Waals surface area contributed by atoms with Crippen LogP contribution in [0.2, 0.25) is 0 Å². The van der Waals surface area contributed by atoms with Crippen LogP contribution in [0.4, 0.5) is 0 Å². The average molecular weight is 211 g/mol. The lowest BCUT2D eigenvalue weighted by molar-refractivity contribution is -0.132. The van der Waals surface area contributed by atoms with Crippen LogP contribution in [0.3, 0.4) is 0 Å². The van der Waals surface area contributed by atoms with Gasteiger partial charge >= 0.3 is 5.97 Å². The number of carbonyl (C=O) groups is 1. The van der Waals surface area contributed by atoms with Gasteiger partial charge in [0.25, 0.3) is 0 Å². The lowest BCUT2D eigenvalue weighted by Crippen LogP contribution is -1.96. The van der Waals surface area contributed by atoms with Gasteiger partial charge in [-0.3, -0.25) is 0 Å². The number of aliphatic carboxylic acids is 1. The summed E-state index contributed by atoms with van der Waals surface area (Å²) in [5, 5.41) is 8.26. The molecule has 78 valence electrons. The van der Waals surface area contributed by atoms with Crippen LogP contribution in [0.1, 0.15) is 13.8 Å². The summed E-state index contributed by atoms with van der Waals surface area (Å²) in [5.41, 5.74) is 0.219. The van der Waals surface area contributed by atoms with Gasteiger partial charge in [-0.1, -0.05) is 0 Å². The standard InChI is InChI=1S/C6H10O3.H2O3S/c1-3-9-4-5(2)6(7)8;1-4(2)3/h4H,3H2,1-2H3,(H,7,8);(H2,1,2,3)/p-1. The minimum absolute atomic E-state index is 0.219. The van der Waals surface area contributed by atoms with Gasteiger partial charge in [-0.05, 0) is 13.8 Å². The van der Waals surface area contributed by atoms with Crippen LogP contribution in [0.25, 0.3) is 0 Å². The summed E-state index contributed by atoms with van der Waals surface area (Å²) < 4.78 is 28.8. The summed E-state index contributed by atoms with van der Waals surface area (Å²) in [4.78, 5) is 10.1. The van der Waals surface area contributed by atoms with E-state index in [-0.39, 0.29) is 5.57 Å². The van der Waals surface area contributed by atoms with Gasteiger partial charge in [-0.25, -0.2) is 9.00 Å². The molecule has 0 aromatic heterocycles. The lowest BCUT2D eigenvalue weighted by atomic mass is 10.3. The molecule has 0 bridgehead atoms. The van der Waals surface area contributed by atoms with Crippen LogP contribution in [0.15, 0.2) is 11.8 Å². The van der Waals surface area contributed by atoms with Crippen LogP contribution in [-0.2, 0) is 20.9 Å². The second-order valence-electron chi connectivity index (χ2n) is 1.78. The lowest BCUT2D eigenvalue weighted by Gasteiger charge is -1.93. The Morgan fingerprint density at radius 2 is 2.08 bits per heavy atom. The highest BCUT2D eigenvalue weighted by Gasteiger charge is 1.97. The Labute approximate surface area is 78.3 Å². The van der Waals surface area contributed by atoms with E-state index in [9.17, 15) is 4.79 Å². The summed E-state index contributed by atoms with van der Waals surface area (Å²) >= 11 is -2.86. The van der Waals surface area contributed by atoms with E-state index in [4.69, 9.17) is 23.2 Å². The SMILES string of the molecule is CCOC=C(C)C(=O)O.O=S([O-])O. The maximum absolute atomic E-state index is 10.1. The maximum atomic E-state index is 10.1. The van der Waals surface area contributed by atoms with E-state index >= 15 is 0 Å². The Kier molecular flexibility index (Phi) is 10.3. The average Bonchev–Trinajstić information content (AvgIpc) is 1.98. The number of hydrogen-bond acceptors (Lipinski definition) is 4. The number of hydrogen-bond donors (Lipinski definition) is 2. The molecule has 2 N–H and O–H groups in total. The highest BCUT2D eigenvalue weighted by atomic mass is 32.2. The Hall–Kier alpha value is -0.920. The Bertz CT molecular complexity index is 195. The molecule has 6 nitrogen and oxygen atoms in total. The van der Waals surface area contributed by atoms with Crippen molar-refractivity contribution in [3.05, 3.63) is 11.8 Å². The molecule has 13 heavy (non-hydrogen) atoms. The van der Waals surface area contributed by atoms with Gasteiger partial charge in [0, 0.05) is 0 Å². The molecule has 1 unspecified atom stereocenters. The second kappa shape index (κ2) is 9.17.